The fraction of sp³-hybridized carbons (Fsp3) is 0.519. The second-order valence-electron chi connectivity index (χ2n) is 9.63. The zero-order valence-corrected chi connectivity index (χ0v) is 20.2. The SMILES string of the molecule is O=C(CN1N=C(C(=O)O)C[C@@H]1CCC1=CC(F)C(F)C=C1)N[C@H]1CCCC[C@@H]1OCc1ccccc1. The monoisotopic (exact) mass is 501 g/mol. The van der Waals surface area contributed by atoms with Crippen molar-refractivity contribution in [3.8, 4) is 0 Å². The molecule has 1 heterocycles. The number of carboxylic acid groups (broad SMARTS) is 1. The van der Waals surface area contributed by atoms with Crippen LogP contribution in [0.15, 0.2) is 59.2 Å². The Balaban J connectivity index is 1.33. The lowest BCUT2D eigenvalue weighted by molar-refractivity contribution is -0.129. The lowest BCUT2D eigenvalue weighted by Crippen LogP contribution is -2.49. The number of carbonyl (C=O) groups is 2. The largest absolute Gasteiger partial charge is 0.477 e. The number of hydrogen-bond donors (Lipinski definition) is 2. The molecule has 2 aliphatic carbocycles. The lowest BCUT2D eigenvalue weighted by Gasteiger charge is -2.33. The van der Waals surface area contributed by atoms with Crippen molar-refractivity contribution >= 4 is 17.6 Å². The molecule has 194 valence electrons. The van der Waals surface area contributed by atoms with Gasteiger partial charge < -0.3 is 15.2 Å². The molecule has 1 aromatic carbocycles. The molecular weight excluding hydrogens is 468 g/mol. The summed E-state index contributed by atoms with van der Waals surface area (Å²) in [6.07, 6.45) is 5.44. The van der Waals surface area contributed by atoms with Crippen LogP contribution in [0.1, 0.15) is 50.5 Å². The number of rotatable bonds is 10. The highest BCUT2D eigenvalue weighted by molar-refractivity contribution is 6.36. The summed E-state index contributed by atoms with van der Waals surface area (Å²) in [7, 11) is 0. The fourth-order valence-corrected chi connectivity index (χ4v) is 4.96. The Kier molecular flexibility index (Phi) is 8.85. The van der Waals surface area contributed by atoms with Gasteiger partial charge in [-0.1, -0.05) is 49.2 Å². The second kappa shape index (κ2) is 12.3. The zero-order chi connectivity index (χ0) is 25.5. The predicted octanol–water partition coefficient (Wildman–Crippen LogP) is 4.10. The topological polar surface area (TPSA) is 91.2 Å². The third-order valence-corrected chi connectivity index (χ3v) is 6.95. The Labute approximate surface area is 209 Å². The first-order valence-electron chi connectivity index (χ1n) is 12.6. The van der Waals surface area contributed by atoms with E-state index in [1.807, 2.05) is 30.3 Å². The molecule has 1 aliphatic heterocycles. The molecule has 2 N–H and O–H groups in total. The van der Waals surface area contributed by atoms with Crippen molar-refractivity contribution in [2.45, 2.75) is 82.1 Å². The van der Waals surface area contributed by atoms with Crippen molar-refractivity contribution in [2.75, 3.05) is 6.54 Å². The highest BCUT2D eigenvalue weighted by Gasteiger charge is 2.33. The summed E-state index contributed by atoms with van der Waals surface area (Å²) >= 11 is 0. The van der Waals surface area contributed by atoms with E-state index in [2.05, 4.69) is 10.4 Å². The third kappa shape index (κ3) is 7.00. The zero-order valence-electron chi connectivity index (χ0n) is 20.2. The first kappa shape index (κ1) is 26.0. The molecule has 1 aromatic rings. The van der Waals surface area contributed by atoms with Crippen LogP contribution in [-0.4, -0.2) is 64.8 Å². The summed E-state index contributed by atoms with van der Waals surface area (Å²) in [6, 6.07) is 9.46. The van der Waals surface area contributed by atoms with Crippen molar-refractivity contribution in [1.29, 1.82) is 0 Å². The Morgan fingerprint density at radius 3 is 2.67 bits per heavy atom. The van der Waals surface area contributed by atoms with Crippen LogP contribution in [0.2, 0.25) is 0 Å². The number of allylic oxidation sites excluding steroid dienone is 4. The van der Waals surface area contributed by atoms with E-state index in [1.165, 1.54) is 17.2 Å². The Morgan fingerprint density at radius 1 is 1.14 bits per heavy atom. The van der Waals surface area contributed by atoms with E-state index in [9.17, 15) is 23.5 Å². The molecule has 2 unspecified atom stereocenters. The molecule has 0 bridgehead atoms. The minimum atomic E-state index is -1.67. The van der Waals surface area contributed by atoms with Gasteiger partial charge in [-0.05, 0) is 49.0 Å². The van der Waals surface area contributed by atoms with Crippen LogP contribution >= 0.6 is 0 Å². The van der Waals surface area contributed by atoms with Crippen molar-refractivity contribution < 1.29 is 28.2 Å². The van der Waals surface area contributed by atoms with E-state index in [4.69, 9.17) is 4.74 Å². The number of alkyl halides is 2. The van der Waals surface area contributed by atoms with E-state index in [-0.39, 0.29) is 42.8 Å². The summed E-state index contributed by atoms with van der Waals surface area (Å²) in [4.78, 5) is 24.5. The number of nitrogens with zero attached hydrogens (tertiary/aromatic N) is 2. The molecular formula is C27H33F2N3O4. The van der Waals surface area contributed by atoms with Gasteiger partial charge in [0.05, 0.1) is 24.8 Å². The summed E-state index contributed by atoms with van der Waals surface area (Å²) < 4.78 is 33.2. The molecule has 36 heavy (non-hydrogen) atoms. The van der Waals surface area contributed by atoms with E-state index < -0.39 is 18.3 Å². The van der Waals surface area contributed by atoms with Gasteiger partial charge in [0.25, 0.3) is 0 Å². The van der Waals surface area contributed by atoms with Gasteiger partial charge in [-0.15, -0.1) is 0 Å². The Bertz CT molecular complexity index is 1010. The van der Waals surface area contributed by atoms with Gasteiger partial charge in [0.2, 0.25) is 5.91 Å². The minimum Gasteiger partial charge on any atom is -0.477 e. The summed E-state index contributed by atoms with van der Waals surface area (Å²) in [5.74, 6) is -1.36. The highest BCUT2D eigenvalue weighted by atomic mass is 19.2. The maximum absolute atomic E-state index is 13.7. The van der Waals surface area contributed by atoms with Crippen molar-refractivity contribution in [1.82, 2.24) is 10.3 Å². The van der Waals surface area contributed by atoms with Crippen LogP contribution < -0.4 is 5.32 Å². The summed E-state index contributed by atoms with van der Waals surface area (Å²) in [6.45, 7) is 0.405. The summed E-state index contributed by atoms with van der Waals surface area (Å²) in [5.41, 5.74) is 1.73. The number of amides is 1. The number of hydrazone groups is 1. The van der Waals surface area contributed by atoms with Gasteiger partial charge in [-0.25, -0.2) is 13.6 Å². The van der Waals surface area contributed by atoms with E-state index in [0.29, 0.717) is 25.0 Å². The molecule has 0 aromatic heterocycles. The van der Waals surface area contributed by atoms with Crippen molar-refractivity contribution in [2.24, 2.45) is 5.10 Å². The number of hydrogen-bond acceptors (Lipinski definition) is 5. The third-order valence-electron chi connectivity index (χ3n) is 6.95. The van der Waals surface area contributed by atoms with Gasteiger partial charge in [-0.2, -0.15) is 5.10 Å². The van der Waals surface area contributed by atoms with Crippen LogP contribution in [0.25, 0.3) is 0 Å². The molecule has 0 radical (unpaired) electrons. The number of ether oxygens (including phenoxy) is 1. The van der Waals surface area contributed by atoms with Crippen LogP contribution in [0, 0.1) is 0 Å². The Hall–Kier alpha value is -3.07. The average Bonchev–Trinajstić information content (AvgIpc) is 3.27. The van der Waals surface area contributed by atoms with Crippen molar-refractivity contribution in [3.05, 3.63) is 59.7 Å². The minimum absolute atomic E-state index is 0.00473. The van der Waals surface area contributed by atoms with E-state index in [0.717, 1.165) is 31.2 Å². The standard InChI is InChI=1S/C27H33F2N3O4/c28-21-13-11-18(14-22(21)29)10-12-20-15-24(27(34)35)31-32(20)16-26(33)30-23-8-4-5-9-25(23)36-17-19-6-2-1-3-7-19/h1-3,6-7,11,13-14,20-23,25H,4-5,8-10,12,15-17H2,(H,30,33)(H,34,35)/t20-,21?,22?,23-,25-/m0/s1. The van der Waals surface area contributed by atoms with Gasteiger partial charge in [0.15, 0.2) is 12.3 Å². The van der Waals surface area contributed by atoms with Crippen LogP contribution in [0.5, 0.6) is 0 Å². The van der Waals surface area contributed by atoms with Crippen LogP contribution in [0.3, 0.4) is 0 Å². The highest BCUT2D eigenvalue weighted by Crippen LogP contribution is 2.26. The molecule has 5 atom stereocenters. The summed E-state index contributed by atoms with van der Waals surface area (Å²) in [5, 5.41) is 18.2. The number of benzene rings is 1. The molecule has 1 fully saturated rings. The number of carbonyl (C=O) groups excluding carboxylic acids is 1. The normalized spacial score (nSPS) is 27.9. The molecule has 0 spiro atoms. The molecule has 3 aliphatic rings. The molecule has 4 rings (SSSR count). The van der Waals surface area contributed by atoms with Gasteiger partial charge in [0, 0.05) is 6.42 Å². The average molecular weight is 502 g/mol. The first-order chi connectivity index (χ1) is 17.4. The molecule has 7 nitrogen and oxygen atoms in total. The molecule has 9 heteroatoms. The Morgan fingerprint density at radius 2 is 1.92 bits per heavy atom. The lowest BCUT2D eigenvalue weighted by atomic mass is 9.92. The van der Waals surface area contributed by atoms with Crippen LogP contribution in [0.4, 0.5) is 8.78 Å². The number of carboxylic acids is 1. The fourth-order valence-electron chi connectivity index (χ4n) is 4.96. The molecule has 0 saturated heterocycles. The number of halogens is 2. The van der Waals surface area contributed by atoms with Crippen LogP contribution in [-0.2, 0) is 20.9 Å². The maximum Gasteiger partial charge on any atom is 0.352 e. The molecule has 1 saturated carbocycles. The quantitative estimate of drug-likeness (QED) is 0.504. The van der Waals surface area contributed by atoms with E-state index >= 15 is 0 Å². The smallest absolute Gasteiger partial charge is 0.352 e. The maximum atomic E-state index is 13.7. The molecule has 1 amide bonds. The van der Waals surface area contributed by atoms with Crippen molar-refractivity contribution in [3.63, 3.8) is 0 Å². The van der Waals surface area contributed by atoms with Gasteiger partial charge >= 0.3 is 5.97 Å². The van der Waals surface area contributed by atoms with Gasteiger partial charge in [-0.3, -0.25) is 9.80 Å². The second-order valence-corrected chi connectivity index (χ2v) is 9.63. The number of aliphatic carboxylic acids is 1. The number of nitrogens with one attached hydrogen (secondary N) is 1. The first-order valence-corrected chi connectivity index (χ1v) is 12.6. The van der Waals surface area contributed by atoms with Gasteiger partial charge in [0.1, 0.15) is 12.3 Å². The predicted molar refractivity (Wildman–Crippen MR) is 132 cm³/mol. The van der Waals surface area contributed by atoms with E-state index in [1.54, 1.807) is 6.08 Å².